The van der Waals surface area contributed by atoms with Crippen LogP contribution in [0.15, 0.2) is 30.5 Å². The molecule has 2 rings (SSSR count). The van der Waals surface area contributed by atoms with Crippen LogP contribution in [0.3, 0.4) is 0 Å². The largest absolute Gasteiger partial charge is 0.467 e. The first-order chi connectivity index (χ1) is 9.72. The number of nitrogens with one attached hydrogen (secondary N) is 1. The maximum atomic E-state index is 6.04. The molecule has 0 fully saturated rings. The van der Waals surface area contributed by atoms with Crippen LogP contribution < -0.4 is 10.1 Å². The number of ether oxygens (including phenoxy) is 2. The number of halogens is 1. The molecule has 0 saturated carbocycles. The van der Waals surface area contributed by atoms with Crippen LogP contribution in [-0.4, -0.2) is 24.2 Å². The third-order valence-electron chi connectivity index (χ3n) is 2.67. The molecule has 0 aliphatic rings. The van der Waals surface area contributed by atoms with Crippen LogP contribution in [0.1, 0.15) is 11.1 Å². The first-order valence-corrected chi connectivity index (χ1v) is 6.48. The molecule has 106 valence electrons. The molecule has 0 saturated heterocycles. The molecule has 0 spiro atoms. The minimum absolute atomic E-state index is 0.282. The maximum absolute atomic E-state index is 6.04. The molecule has 0 amide bonds. The van der Waals surface area contributed by atoms with Gasteiger partial charge >= 0.3 is 6.01 Å². The average Bonchev–Trinajstić information content (AvgIpc) is 2.47. The van der Waals surface area contributed by atoms with Gasteiger partial charge in [0.25, 0.3) is 0 Å². The van der Waals surface area contributed by atoms with Crippen molar-refractivity contribution < 1.29 is 9.47 Å². The average molecular weight is 294 g/mol. The number of methoxy groups -OCH3 is 2. The topological polar surface area (TPSA) is 56.3 Å². The Hall–Kier alpha value is -1.85. The fourth-order valence-electron chi connectivity index (χ4n) is 1.76. The zero-order chi connectivity index (χ0) is 14.4. The number of rotatable bonds is 6. The van der Waals surface area contributed by atoms with E-state index in [4.69, 9.17) is 21.1 Å². The molecule has 1 heterocycles. The molecule has 1 N–H and O–H groups in total. The number of nitrogens with zero attached hydrogens (tertiary/aromatic N) is 2. The van der Waals surface area contributed by atoms with Crippen LogP contribution in [0.2, 0.25) is 5.02 Å². The lowest BCUT2D eigenvalue weighted by Crippen LogP contribution is -2.04. The van der Waals surface area contributed by atoms with E-state index in [2.05, 4.69) is 21.4 Å². The summed E-state index contributed by atoms with van der Waals surface area (Å²) in [6.07, 6.45) is 1.51. The Morgan fingerprint density at radius 2 is 2.05 bits per heavy atom. The highest BCUT2D eigenvalue weighted by atomic mass is 35.5. The normalized spacial score (nSPS) is 10.3. The predicted octanol–water partition coefficient (Wildman–Crippen LogP) is 2.90. The van der Waals surface area contributed by atoms with E-state index in [0.717, 1.165) is 11.1 Å². The third-order valence-corrected chi connectivity index (χ3v) is 2.94. The van der Waals surface area contributed by atoms with Crippen molar-refractivity contribution in [1.82, 2.24) is 9.97 Å². The molecule has 2 aromatic rings. The molecule has 0 bridgehead atoms. The van der Waals surface area contributed by atoms with Gasteiger partial charge in [-0.05, 0) is 11.1 Å². The molecule has 0 atom stereocenters. The van der Waals surface area contributed by atoms with Crippen LogP contribution >= 0.6 is 11.6 Å². The summed E-state index contributed by atoms with van der Waals surface area (Å²) >= 11 is 6.04. The van der Waals surface area contributed by atoms with Crippen molar-refractivity contribution in [3.8, 4) is 6.01 Å². The highest BCUT2D eigenvalue weighted by molar-refractivity contribution is 6.32. The summed E-state index contributed by atoms with van der Waals surface area (Å²) in [6.45, 7) is 1.20. The van der Waals surface area contributed by atoms with Gasteiger partial charge in [-0.15, -0.1) is 0 Å². The second-order valence-electron chi connectivity index (χ2n) is 4.16. The van der Waals surface area contributed by atoms with Crippen molar-refractivity contribution in [3.63, 3.8) is 0 Å². The molecule has 1 aromatic heterocycles. The quantitative estimate of drug-likeness (QED) is 0.887. The van der Waals surface area contributed by atoms with E-state index in [1.165, 1.54) is 13.3 Å². The van der Waals surface area contributed by atoms with Crippen molar-refractivity contribution in [2.24, 2.45) is 0 Å². The summed E-state index contributed by atoms with van der Waals surface area (Å²) < 4.78 is 10.1. The standard InChI is InChI=1S/C14H16ClN3O2/c1-19-9-11-5-3-4-10(6-11)7-16-13-12(15)8-17-14(18-13)20-2/h3-6,8H,7,9H2,1-2H3,(H,16,17,18). The van der Waals surface area contributed by atoms with Crippen molar-refractivity contribution in [2.75, 3.05) is 19.5 Å². The van der Waals surface area contributed by atoms with E-state index in [-0.39, 0.29) is 6.01 Å². The second-order valence-corrected chi connectivity index (χ2v) is 4.57. The maximum Gasteiger partial charge on any atom is 0.318 e. The molecule has 20 heavy (non-hydrogen) atoms. The lowest BCUT2D eigenvalue weighted by molar-refractivity contribution is 0.185. The number of benzene rings is 1. The van der Waals surface area contributed by atoms with E-state index in [9.17, 15) is 0 Å². The molecule has 5 nitrogen and oxygen atoms in total. The van der Waals surface area contributed by atoms with Crippen LogP contribution in [0.5, 0.6) is 6.01 Å². The summed E-state index contributed by atoms with van der Waals surface area (Å²) in [6, 6.07) is 8.40. The zero-order valence-electron chi connectivity index (χ0n) is 11.4. The van der Waals surface area contributed by atoms with Gasteiger partial charge in [-0.2, -0.15) is 4.98 Å². The molecule has 0 radical (unpaired) electrons. The summed E-state index contributed by atoms with van der Waals surface area (Å²) in [5, 5.41) is 3.63. The molecular formula is C14H16ClN3O2. The van der Waals surface area contributed by atoms with Crippen molar-refractivity contribution in [1.29, 1.82) is 0 Å². The van der Waals surface area contributed by atoms with Crippen LogP contribution in [0.4, 0.5) is 5.82 Å². The number of hydrogen-bond acceptors (Lipinski definition) is 5. The Balaban J connectivity index is 2.06. The Morgan fingerprint density at radius 3 is 2.80 bits per heavy atom. The van der Waals surface area contributed by atoms with E-state index < -0.39 is 0 Å². The Kier molecular flexibility index (Phi) is 5.15. The minimum Gasteiger partial charge on any atom is -0.467 e. The van der Waals surface area contributed by atoms with Crippen molar-refractivity contribution in [3.05, 3.63) is 46.6 Å². The lowest BCUT2D eigenvalue weighted by Gasteiger charge is -2.09. The Labute approximate surface area is 122 Å². The lowest BCUT2D eigenvalue weighted by atomic mass is 10.1. The summed E-state index contributed by atoms with van der Waals surface area (Å²) in [5.74, 6) is 0.552. The van der Waals surface area contributed by atoms with Crippen molar-refractivity contribution >= 4 is 17.4 Å². The van der Waals surface area contributed by atoms with Gasteiger partial charge in [0.2, 0.25) is 0 Å². The van der Waals surface area contributed by atoms with E-state index >= 15 is 0 Å². The number of anilines is 1. The van der Waals surface area contributed by atoms with Crippen LogP contribution in [-0.2, 0) is 17.9 Å². The van der Waals surface area contributed by atoms with Gasteiger partial charge in [0.1, 0.15) is 5.02 Å². The van der Waals surface area contributed by atoms with Crippen molar-refractivity contribution in [2.45, 2.75) is 13.2 Å². The third kappa shape index (κ3) is 3.82. The van der Waals surface area contributed by atoms with Gasteiger partial charge in [-0.1, -0.05) is 35.9 Å². The van der Waals surface area contributed by atoms with Gasteiger partial charge in [0, 0.05) is 13.7 Å². The van der Waals surface area contributed by atoms with Crippen LogP contribution in [0.25, 0.3) is 0 Å². The monoisotopic (exact) mass is 293 g/mol. The Bertz CT molecular complexity index is 578. The van der Waals surface area contributed by atoms with E-state index in [1.54, 1.807) is 7.11 Å². The summed E-state index contributed by atoms with van der Waals surface area (Å²) in [7, 11) is 3.19. The smallest absolute Gasteiger partial charge is 0.318 e. The fraction of sp³-hybridized carbons (Fsp3) is 0.286. The summed E-state index contributed by atoms with van der Waals surface area (Å²) in [4.78, 5) is 8.09. The minimum atomic E-state index is 0.282. The molecular weight excluding hydrogens is 278 g/mol. The first kappa shape index (κ1) is 14.6. The molecule has 0 aliphatic carbocycles. The first-order valence-electron chi connectivity index (χ1n) is 6.10. The van der Waals surface area contributed by atoms with Gasteiger partial charge in [0.15, 0.2) is 5.82 Å². The number of aromatic nitrogens is 2. The Morgan fingerprint density at radius 1 is 1.25 bits per heavy atom. The number of hydrogen-bond donors (Lipinski definition) is 1. The fourth-order valence-corrected chi connectivity index (χ4v) is 1.91. The van der Waals surface area contributed by atoms with Crippen LogP contribution in [0, 0.1) is 0 Å². The van der Waals surface area contributed by atoms with Gasteiger partial charge in [-0.25, -0.2) is 4.98 Å². The van der Waals surface area contributed by atoms with Gasteiger partial charge < -0.3 is 14.8 Å². The predicted molar refractivity (Wildman–Crippen MR) is 78.1 cm³/mol. The highest BCUT2D eigenvalue weighted by Gasteiger charge is 2.05. The van der Waals surface area contributed by atoms with Gasteiger partial charge in [0.05, 0.1) is 19.9 Å². The molecule has 0 aliphatic heterocycles. The van der Waals surface area contributed by atoms with E-state index in [0.29, 0.717) is 24.0 Å². The SMILES string of the molecule is COCc1cccc(CNc2nc(OC)ncc2Cl)c1. The van der Waals surface area contributed by atoms with Gasteiger partial charge in [-0.3, -0.25) is 0 Å². The molecule has 0 unspecified atom stereocenters. The molecule has 1 aromatic carbocycles. The summed E-state index contributed by atoms with van der Waals surface area (Å²) in [5.41, 5.74) is 2.24. The zero-order valence-corrected chi connectivity index (χ0v) is 12.1. The molecule has 6 heteroatoms. The second kappa shape index (κ2) is 7.07. The van der Waals surface area contributed by atoms with E-state index in [1.807, 2.05) is 18.2 Å². The highest BCUT2D eigenvalue weighted by Crippen LogP contribution is 2.21.